The first-order valence-corrected chi connectivity index (χ1v) is 6.38. The molecule has 0 aliphatic carbocycles. The van der Waals surface area contributed by atoms with Crippen molar-refractivity contribution in [2.24, 2.45) is 0 Å². The summed E-state index contributed by atoms with van der Waals surface area (Å²) in [5.74, 6) is 0. The van der Waals surface area contributed by atoms with E-state index < -0.39 is 0 Å². The second kappa shape index (κ2) is 4.06. The Hall–Kier alpha value is -1.09. The number of hydrogen-bond acceptors (Lipinski definition) is 2. The fourth-order valence-corrected chi connectivity index (χ4v) is 3.14. The quantitative estimate of drug-likeness (QED) is 0.664. The van der Waals surface area contributed by atoms with Crippen LogP contribution >= 0.6 is 0 Å². The van der Waals surface area contributed by atoms with Gasteiger partial charge in [-0.05, 0) is 12.1 Å². The standard InChI is InChI=1S/C13H20N3/c1-2-9-16(8-1)10-6-15(7-11-16)13-4-3-5-14-12-13/h3-5,12H,1-2,6-11H2/q+1. The van der Waals surface area contributed by atoms with Crippen LogP contribution in [0.4, 0.5) is 5.69 Å². The lowest BCUT2D eigenvalue weighted by atomic mass is 10.2. The van der Waals surface area contributed by atoms with E-state index in [1.165, 1.54) is 62.3 Å². The van der Waals surface area contributed by atoms with Gasteiger partial charge in [0.2, 0.25) is 0 Å². The first-order valence-electron chi connectivity index (χ1n) is 6.38. The number of rotatable bonds is 1. The van der Waals surface area contributed by atoms with E-state index in [9.17, 15) is 0 Å². The predicted octanol–water partition coefficient (Wildman–Crippen LogP) is 1.51. The van der Waals surface area contributed by atoms with Crippen LogP contribution in [0.5, 0.6) is 0 Å². The molecule has 0 unspecified atom stereocenters. The van der Waals surface area contributed by atoms with Gasteiger partial charge in [0.25, 0.3) is 0 Å². The molecule has 86 valence electrons. The Labute approximate surface area is 97.3 Å². The van der Waals surface area contributed by atoms with Gasteiger partial charge >= 0.3 is 0 Å². The van der Waals surface area contributed by atoms with Gasteiger partial charge in [-0.15, -0.1) is 0 Å². The highest BCUT2D eigenvalue weighted by atomic mass is 15.4. The van der Waals surface area contributed by atoms with Gasteiger partial charge < -0.3 is 9.38 Å². The Bertz CT molecular complexity index is 333. The monoisotopic (exact) mass is 218 g/mol. The molecule has 3 nitrogen and oxygen atoms in total. The van der Waals surface area contributed by atoms with Crippen LogP contribution in [0.2, 0.25) is 0 Å². The highest BCUT2D eigenvalue weighted by Gasteiger charge is 2.35. The topological polar surface area (TPSA) is 16.1 Å². The van der Waals surface area contributed by atoms with Crippen LogP contribution in [0.1, 0.15) is 12.8 Å². The fraction of sp³-hybridized carbons (Fsp3) is 0.615. The van der Waals surface area contributed by atoms with Gasteiger partial charge in [-0.25, -0.2) is 0 Å². The van der Waals surface area contributed by atoms with E-state index in [4.69, 9.17) is 0 Å². The molecule has 0 N–H and O–H groups in total. The molecule has 0 aromatic carbocycles. The normalized spacial score (nSPS) is 23.9. The van der Waals surface area contributed by atoms with E-state index in [0.717, 1.165) is 0 Å². The molecule has 2 aliphatic rings. The zero-order valence-corrected chi connectivity index (χ0v) is 9.81. The average molecular weight is 218 g/mol. The molecule has 0 atom stereocenters. The maximum atomic E-state index is 4.20. The summed E-state index contributed by atoms with van der Waals surface area (Å²) in [6.07, 6.45) is 6.71. The maximum absolute atomic E-state index is 4.20. The highest BCUT2D eigenvalue weighted by Crippen LogP contribution is 2.24. The number of pyridine rings is 1. The summed E-state index contributed by atoms with van der Waals surface area (Å²) >= 11 is 0. The summed E-state index contributed by atoms with van der Waals surface area (Å²) in [7, 11) is 0. The van der Waals surface area contributed by atoms with Crippen molar-refractivity contribution in [2.75, 3.05) is 44.2 Å². The number of nitrogens with zero attached hydrogens (tertiary/aromatic N) is 3. The summed E-state index contributed by atoms with van der Waals surface area (Å²) in [6, 6.07) is 4.21. The first-order chi connectivity index (χ1) is 7.88. The molecule has 1 aromatic heterocycles. The molecule has 0 amide bonds. The van der Waals surface area contributed by atoms with E-state index in [1.807, 2.05) is 18.5 Å². The zero-order valence-electron chi connectivity index (χ0n) is 9.81. The summed E-state index contributed by atoms with van der Waals surface area (Å²) in [5.41, 5.74) is 1.29. The van der Waals surface area contributed by atoms with E-state index in [2.05, 4.69) is 16.0 Å². The molecule has 0 radical (unpaired) electrons. The van der Waals surface area contributed by atoms with Gasteiger partial charge in [0, 0.05) is 19.0 Å². The predicted molar refractivity (Wildman–Crippen MR) is 65.4 cm³/mol. The smallest absolute Gasteiger partial charge is 0.0965 e. The van der Waals surface area contributed by atoms with Crippen LogP contribution in [0.15, 0.2) is 24.5 Å². The lowest BCUT2D eigenvalue weighted by Crippen LogP contribution is -2.58. The zero-order chi connectivity index (χ0) is 10.8. The van der Waals surface area contributed by atoms with Crippen molar-refractivity contribution >= 4 is 5.69 Å². The molecule has 0 bridgehead atoms. The van der Waals surface area contributed by atoms with Crippen molar-refractivity contribution < 1.29 is 4.48 Å². The van der Waals surface area contributed by atoms with Crippen LogP contribution in [-0.4, -0.2) is 48.7 Å². The molecule has 1 aromatic rings. The molecule has 3 heteroatoms. The largest absolute Gasteiger partial charge is 0.359 e. The summed E-state index contributed by atoms with van der Waals surface area (Å²) < 4.78 is 1.39. The first kappa shape index (κ1) is 10.1. The summed E-state index contributed by atoms with van der Waals surface area (Å²) in [6.45, 7) is 7.89. The molecule has 2 saturated heterocycles. The Morgan fingerprint density at radius 1 is 1.06 bits per heavy atom. The van der Waals surface area contributed by atoms with Gasteiger partial charge in [-0.3, -0.25) is 4.98 Å². The van der Waals surface area contributed by atoms with Crippen LogP contribution < -0.4 is 4.90 Å². The van der Waals surface area contributed by atoms with E-state index in [-0.39, 0.29) is 0 Å². The summed E-state index contributed by atoms with van der Waals surface area (Å²) in [4.78, 5) is 6.68. The van der Waals surface area contributed by atoms with Crippen molar-refractivity contribution in [1.29, 1.82) is 0 Å². The number of anilines is 1. The van der Waals surface area contributed by atoms with Crippen LogP contribution in [0.25, 0.3) is 0 Å². The third-order valence-corrected chi connectivity index (χ3v) is 4.21. The number of hydrogen-bond donors (Lipinski definition) is 0. The second-order valence-electron chi connectivity index (χ2n) is 5.14. The molecular formula is C13H20N3+. The summed E-state index contributed by atoms with van der Waals surface area (Å²) in [5, 5.41) is 0. The third-order valence-electron chi connectivity index (χ3n) is 4.21. The van der Waals surface area contributed by atoms with Gasteiger partial charge in [0.05, 0.1) is 51.2 Å². The van der Waals surface area contributed by atoms with Crippen LogP contribution in [0.3, 0.4) is 0 Å². The van der Waals surface area contributed by atoms with Crippen molar-refractivity contribution in [3.05, 3.63) is 24.5 Å². The van der Waals surface area contributed by atoms with Crippen molar-refractivity contribution in [1.82, 2.24) is 4.98 Å². The van der Waals surface area contributed by atoms with Crippen LogP contribution in [0, 0.1) is 0 Å². The third kappa shape index (κ3) is 1.80. The minimum atomic E-state index is 1.20. The fourth-order valence-electron chi connectivity index (χ4n) is 3.14. The molecule has 1 spiro atoms. The highest BCUT2D eigenvalue weighted by molar-refractivity contribution is 5.43. The van der Waals surface area contributed by atoms with Crippen molar-refractivity contribution in [2.45, 2.75) is 12.8 Å². The van der Waals surface area contributed by atoms with E-state index in [1.54, 1.807) is 0 Å². The van der Waals surface area contributed by atoms with Gasteiger partial charge in [-0.2, -0.15) is 0 Å². The Morgan fingerprint density at radius 2 is 1.81 bits per heavy atom. The van der Waals surface area contributed by atoms with E-state index >= 15 is 0 Å². The van der Waals surface area contributed by atoms with Gasteiger partial charge in [0.1, 0.15) is 0 Å². The number of quaternary nitrogens is 1. The Morgan fingerprint density at radius 3 is 2.44 bits per heavy atom. The van der Waals surface area contributed by atoms with Crippen molar-refractivity contribution in [3.63, 3.8) is 0 Å². The minimum Gasteiger partial charge on any atom is -0.359 e. The van der Waals surface area contributed by atoms with Crippen molar-refractivity contribution in [3.8, 4) is 0 Å². The molecular weight excluding hydrogens is 198 g/mol. The van der Waals surface area contributed by atoms with Crippen LogP contribution in [-0.2, 0) is 0 Å². The minimum absolute atomic E-state index is 1.20. The Balaban J connectivity index is 1.66. The molecule has 2 fully saturated rings. The molecule has 16 heavy (non-hydrogen) atoms. The lowest BCUT2D eigenvalue weighted by molar-refractivity contribution is -0.917. The van der Waals surface area contributed by atoms with Gasteiger partial charge in [0.15, 0.2) is 0 Å². The number of aromatic nitrogens is 1. The SMILES string of the molecule is c1cncc(N2CC[N+]3(CCCC3)CC2)c1. The number of piperazine rings is 1. The molecule has 3 heterocycles. The maximum Gasteiger partial charge on any atom is 0.0965 e. The molecule has 2 aliphatic heterocycles. The van der Waals surface area contributed by atoms with E-state index in [0.29, 0.717) is 0 Å². The molecule has 3 rings (SSSR count). The second-order valence-corrected chi connectivity index (χ2v) is 5.14. The average Bonchev–Trinajstić information content (AvgIpc) is 2.80. The lowest BCUT2D eigenvalue weighted by Gasteiger charge is -2.42. The molecule has 0 saturated carbocycles. The Kier molecular flexibility index (Phi) is 2.56. The van der Waals surface area contributed by atoms with Gasteiger partial charge in [-0.1, -0.05) is 0 Å².